The Bertz CT molecular complexity index is 459. The van der Waals surface area contributed by atoms with Gasteiger partial charge in [-0.3, -0.25) is 4.79 Å². The molecule has 1 heterocycles. The maximum atomic E-state index is 11.9. The van der Waals surface area contributed by atoms with Gasteiger partial charge in [0.15, 0.2) is 0 Å². The lowest BCUT2D eigenvalue weighted by Crippen LogP contribution is -2.49. The lowest BCUT2D eigenvalue weighted by molar-refractivity contribution is -0.147. The topological polar surface area (TPSA) is 51.2 Å². The summed E-state index contributed by atoms with van der Waals surface area (Å²) in [6.45, 7) is 8.02. The number of carbonyl (C=O) groups is 1. The summed E-state index contributed by atoms with van der Waals surface area (Å²) in [5, 5.41) is 4.31. The van der Waals surface area contributed by atoms with Gasteiger partial charge in [0, 0.05) is 10.9 Å². The molecule has 2 unspecified atom stereocenters. The molecule has 0 bridgehead atoms. The van der Waals surface area contributed by atoms with E-state index < -0.39 is 5.54 Å². The van der Waals surface area contributed by atoms with Gasteiger partial charge in [0.2, 0.25) is 0 Å². The van der Waals surface area contributed by atoms with E-state index in [0.717, 1.165) is 10.7 Å². The van der Waals surface area contributed by atoms with Crippen LogP contribution in [0.25, 0.3) is 0 Å². The highest BCUT2D eigenvalue weighted by atomic mass is 32.2. The van der Waals surface area contributed by atoms with Gasteiger partial charge in [-0.15, -0.1) is 11.8 Å². The average molecular weight is 296 g/mol. The van der Waals surface area contributed by atoms with E-state index in [2.05, 4.69) is 36.3 Å². The van der Waals surface area contributed by atoms with Crippen molar-refractivity contribution in [3.8, 4) is 0 Å². The predicted molar refractivity (Wildman–Crippen MR) is 83.1 cm³/mol. The first-order valence-corrected chi connectivity index (χ1v) is 7.58. The number of nitrogens with one attached hydrogen (secondary N) is 1. The Morgan fingerprint density at radius 1 is 1.50 bits per heavy atom. The number of esters is 1. The van der Waals surface area contributed by atoms with Crippen molar-refractivity contribution in [3.63, 3.8) is 0 Å². The summed E-state index contributed by atoms with van der Waals surface area (Å²) >= 11 is 1.68. The number of hydrogen-bond donors (Lipinski definition) is 1. The van der Waals surface area contributed by atoms with Gasteiger partial charge in [-0.05, 0) is 51.9 Å². The van der Waals surface area contributed by atoms with Crippen LogP contribution >= 0.6 is 11.8 Å². The highest BCUT2D eigenvalue weighted by Gasteiger charge is 2.34. The molecular formula is C15H24N2O2S. The Morgan fingerprint density at radius 3 is 2.65 bits per heavy atom. The molecular weight excluding hydrogens is 272 g/mol. The molecule has 4 nitrogen and oxygen atoms in total. The van der Waals surface area contributed by atoms with Crippen LogP contribution in [0.4, 0.5) is 0 Å². The first-order valence-electron chi connectivity index (χ1n) is 6.70. The van der Waals surface area contributed by atoms with Crippen LogP contribution in [0.2, 0.25) is 0 Å². The van der Waals surface area contributed by atoms with Crippen LogP contribution in [-0.4, -0.2) is 35.9 Å². The smallest absolute Gasteiger partial charge is 0.325 e. The first-order chi connectivity index (χ1) is 9.30. The summed E-state index contributed by atoms with van der Waals surface area (Å²) in [6.07, 6.45) is 0.676. The largest absolute Gasteiger partial charge is 0.468 e. The Morgan fingerprint density at radius 2 is 2.15 bits per heavy atom. The molecule has 0 aromatic carbocycles. The number of rotatable bonds is 6. The molecule has 0 saturated heterocycles. The van der Waals surface area contributed by atoms with Gasteiger partial charge < -0.3 is 10.1 Å². The van der Waals surface area contributed by atoms with E-state index in [0.29, 0.717) is 6.42 Å². The van der Waals surface area contributed by atoms with E-state index in [1.54, 1.807) is 18.8 Å². The number of aromatic nitrogens is 1. The van der Waals surface area contributed by atoms with E-state index in [-0.39, 0.29) is 11.2 Å². The van der Waals surface area contributed by atoms with Crippen LogP contribution in [-0.2, 0) is 9.53 Å². The number of aryl methyl sites for hydroxylation is 2. The summed E-state index contributed by atoms with van der Waals surface area (Å²) in [5.41, 5.74) is 1.56. The predicted octanol–water partition coefficient (Wildman–Crippen LogP) is 2.72. The summed E-state index contributed by atoms with van der Waals surface area (Å²) in [6, 6.07) is 4.13. The minimum absolute atomic E-state index is 0.235. The van der Waals surface area contributed by atoms with Gasteiger partial charge in [-0.1, -0.05) is 6.92 Å². The summed E-state index contributed by atoms with van der Waals surface area (Å²) in [7, 11) is 3.20. The fourth-order valence-electron chi connectivity index (χ4n) is 2.20. The average Bonchev–Trinajstić information content (AvgIpc) is 2.35. The standard InChI is InChI=1S/C15H24N2O2S/c1-10-7-11(2)17-13(8-10)20-12(3)9-15(4,16-5)14(18)19-6/h7-8,12,16H,9H2,1-6H3. The maximum Gasteiger partial charge on any atom is 0.325 e. The second kappa shape index (κ2) is 7.09. The molecule has 0 aliphatic carbocycles. The fourth-order valence-corrected chi connectivity index (χ4v) is 3.48. The Kier molecular flexibility index (Phi) is 6.02. The quantitative estimate of drug-likeness (QED) is 0.646. The molecule has 0 fully saturated rings. The minimum atomic E-state index is -0.667. The SMILES string of the molecule is CNC(C)(CC(C)Sc1cc(C)cc(C)n1)C(=O)OC. The number of likely N-dealkylation sites (N-methyl/N-ethyl adjacent to an activating group) is 1. The lowest BCUT2D eigenvalue weighted by Gasteiger charge is -2.28. The van der Waals surface area contributed by atoms with Gasteiger partial charge in [-0.25, -0.2) is 4.98 Å². The van der Waals surface area contributed by atoms with E-state index in [4.69, 9.17) is 4.74 Å². The molecule has 2 atom stereocenters. The van der Waals surface area contributed by atoms with Crippen LogP contribution in [0, 0.1) is 13.8 Å². The normalized spacial score (nSPS) is 15.5. The Labute approximate surface area is 125 Å². The second-order valence-corrected chi connectivity index (χ2v) is 6.79. The minimum Gasteiger partial charge on any atom is -0.468 e. The molecule has 5 heteroatoms. The van der Waals surface area contributed by atoms with Crippen LogP contribution in [0.15, 0.2) is 17.2 Å². The zero-order valence-electron chi connectivity index (χ0n) is 13.1. The van der Waals surface area contributed by atoms with Crippen molar-refractivity contribution in [2.24, 2.45) is 0 Å². The second-order valence-electron chi connectivity index (χ2n) is 5.33. The Hall–Kier alpha value is -1.07. The summed E-state index contributed by atoms with van der Waals surface area (Å²) < 4.78 is 4.87. The molecule has 20 heavy (non-hydrogen) atoms. The first kappa shape index (κ1) is 17.0. The van der Waals surface area contributed by atoms with E-state index in [1.807, 2.05) is 13.8 Å². The van der Waals surface area contributed by atoms with Gasteiger partial charge >= 0.3 is 5.97 Å². The number of thioether (sulfide) groups is 1. The van der Waals surface area contributed by atoms with Gasteiger partial charge in [0.1, 0.15) is 5.54 Å². The number of nitrogens with zero attached hydrogens (tertiary/aromatic N) is 1. The van der Waals surface area contributed by atoms with Crippen molar-refractivity contribution < 1.29 is 9.53 Å². The number of hydrogen-bond acceptors (Lipinski definition) is 5. The number of pyridine rings is 1. The highest BCUT2D eigenvalue weighted by molar-refractivity contribution is 7.99. The van der Waals surface area contributed by atoms with Crippen LogP contribution in [0.5, 0.6) is 0 Å². The molecule has 0 radical (unpaired) electrons. The monoisotopic (exact) mass is 296 g/mol. The lowest BCUT2D eigenvalue weighted by atomic mass is 9.96. The molecule has 0 aliphatic heterocycles. The third-order valence-electron chi connectivity index (χ3n) is 3.28. The maximum absolute atomic E-state index is 11.9. The van der Waals surface area contributed by atoms with Gasteiger partial charge in [-0.2, -0.15) is 0 Å². The highest BCUT2D eigenvalue weighted by Crippen LogP contribution is 2.28. The molecule has 0 saturated carbocycles. The van der Waals surface area contributed by atoms with Crippen molar-refractivity contribution in [1.82, 2.24) is 10.3 Å². The van der Waals surface area contributed by atoms with Gasteiger partial charge in [0.05, 0.1) is 12.1 Å². The van der Waals surface area contributed by atoms with Crippen LogP contribution < -0.4 is 5.32 Å². The molecule has 112 valence electrons. The summed E-state index contributed by atoms with van der Waals surface area (Å²) in [4.78, 5) is 16.4. The van der Waals surface area contributed by atoms with Crippen molar-refractivity contribution in [1.29, 1.82) is 0 Å². The molecule has 0 aliphatic rings. The van der Waals surface area contributed by atoms with Crippen molar-refractivity contribution in [2.45, 2.75) is 49.9 Å². The molecule has 0 amide bonds. The number of carbonyl (C=O) groups excluding carboxylic acids is 1. The molecule has 1 aromatic heterocycles. The zero-order chi connectivity index (χ0) is 15.3. The fraction of sp³-hybridized carbons (Fsp3) is 0.600. The van der Waals surface area contributed by atoms with Crippen molar-refractivity contribution in [3.05, 3.63) is 23.4 Å². The van der Waals surface area contributed by atoms with Crippen molar-refractivity contribution in [2.75, 3.05) is 14.2 Å². The zero-order valence-corrected chi connectivity index (χ0v) is 13.9. The number of ether oxygens (including phenoxy) is 1. The molecule has 1 aromatic rings. The van der Waals surface area contributed by atoms with E-state index >= 15 is 0 Å². The summed E-state index contributed by atoms with van der Waals surface area (Å²) in [5.74, 6) is -0.235. The van der Waals surface area contributed by atoms with E-state index in [1.165, 1.54) is 12.7 Å². The molecule has 1 rings (SSSR count). The molecule has 0 spiro atoms. The van der Waals surface area contributed by atoms with Crippen LogP contribution in [0.3, 0.4) is 0 Å². The van der Waals surface area contributed by atoms with Gasteiger partial charge in [0.25, 0.3) is 0 Å². The van der Waals surface area contributed by atoms with Crippen molar-refractivity contribution >= 4 is 17.7 Å². The Balaban J connectivity index is 2.75. The number of methoxy groups -OCH3 is 1. The third kappa shape index (κ3) is 4.49. The third-order valence-corrected chi connectivity index (χ3v) is 4.30. The van der Waals surface area contributed by atoms with E-state index in [9.17, 15) is 4.79 Å². The van der Waals surface area contributed by atoms with Crippen LogP contribution in [0.1, 0.15) is 31.5 Å². The molecule has 1 N–H and O–H groups in total.